The number of amides is 2. The number of hydrogen-bond donors (Lipinski definition) is 1. The van der Waals surface area contributed by atoms with E-state index in [9.17, 15) is 18.0 Å². The lowest BCUT2D eigenvalue weighted by atomic mass is 10.0. The van der Waals surface area contributed by atoms with Crippen LogP contribution in [0.15, 0.2) is 83.8 Å². The van der Waals surface area contributed by atoms with Crippen molar-refractivity contribution in [2.75, 3.05) is 19.6 Å². The van der Waals surface area contributed by atoms with Crippen molar-refractivity contribution in [3.05, 3.63) is 90.0 Å². The summed E-state index contributed by atoms with van der Waals surface area (Å²) in [7, 11) is -3.93. The molecule has 1 atom stereocenters. The van der Waals surface area contributed by atoms with Crippen LogP contribution in [-0.4, -0.2) is 55.1 Å². The molecule has 1 heterocycles. The van der Waals surface area contributed by atoms with E-state index in [4.69, 9.17) is 0 Å². The van der Waals surface area contributed by atoms with E-state index in [0.29, 0.717) is 0 Å². The van der Waals surface area contributed by atoms with E-state index >= 15 is 0 Å². The first-order valence-electron chi connectivity index (χ1n) is 12.5. The molecule has 1 fully saturated rings. The average molecular weight is 520 g/mol. The quantitative estimate of drug-likeness (QED) is 0.511. The van der Waals surface area contributed by atoms with Crippen molar-refractivity contribution < 1.29 is 18.0 Å². The molecule has 1 aliphatic heterocycles. The first kappa shape index (κ1) is 26.6. The van der Waals surface area contributed by atoms with Gasteiger partial charge < -0.3 is 10.2 Å². The molecule has 3 aromatic rings. The third-order valence-corrected chi connectivity index (χ3v) is 8.68. The van der Waals surface area contributed by atoms with Gasteiger partial charge in [-0.2, -0.15) is 4.31 Å². The van der Waals surface area contributed by atoms with Crippen molar-refractivity contribution in [1.82, 2.24) is 14.5 Å². The average Bonchev–Trinajstić information content (AvgIpc) is 2.92. The molecule has 2 amide bonds. The zero-order chi connectivity index (χ0) is 26.6. The minimum atomic E-state index is -3.93. The highest BCUT2D eigenvalue weighted by Crippen LogP contribution is 2.24. The summed E-state index contributed by atoms with van der Waals surface area (Å²) in [5.41, 5.74) is 4.10. The van der Waals surface area contributed by atoms with Gasteiger partial charge in [0, 0.05) is 33.1 Å². The highest BCUT2D eigenvalue weighted by atomic mass is 32.2. The van der Waals surface area contributed by atoms with Gasteiger partial charge in [0.15, 0.2) is 0 Å². The number of hydrogen-bond acceptors (Lipinski definition) is 4. The second kappa shape index (κ2) is 11.3. The van der Waals surface area contributed by atoms with E-state index in [2.05, 4.69) is 5.32 Å². The predicted molar refractivity (Wildman–Crippen MR) is 144 cm³/mol. The Balaban J connectivity index is 1.51. The third-order valence-electron chi connectivity index (χ3n) is 6.76. The fourth-order valence-corrected chi connectivity index (χ4v) is 6.04. The standard InChI is InChI=1S/C29H33N3O4S/c1-21(2)24-13-15-27(16-14-24)37(35,36)32-18-17-31(22(3)33)20-28(32)29(34)30-19-23-9-11-26(12-10-23)25-7-5-4-6-8-25/h4-16,21,28H,17-20H2,1-3H3,(H,30,34). The Kier molecular flexibility index (Phi) is 8.10. The van der Waals surface area contributed by atoms with Gasteiger partial charge in [0.2, 0.25) is 21.8 Å². The summed E-state index contributed by atoms with van der Waals surface area (Å²) in [5, 5.41) is 2.88. The van der Waals surface area contributed by atoms with Crippen LogP contribution in [0.1, 0.15) is 37.8 Å². The van der Waals surface area contributed by atoms with Gasteiger partial charge in [-0.1, -0.05) is 80.6 Å². The summed E-state index contributed by atoms with van der Waals surface area (Å²) < 4.78 is 28.3. The summed E-state index contributed by atoms with van der Waals surface area (Å²) >= 11 is 0. The molecule has 1 N–H and O–H groups in total. The lowest BCUT2D eigenvalue weighted by molar-refractivity contribution is -0.134. The molecular formula is C29H33N3O4S. The summed E-state index contributed by atoms with van der Waals surface area (Å²) in [6.07, 6.45) is 0. The number of sulfonamides is 1. The summed E-state index contributed by atoms with van der Waals surface area (Å²) in [6.45, 7) is 6.07. The number of carbonyl (C=O) groups excluding carboxylic acids is 2. The van der Waals surface area contributed by atoms with Gasteiger partial charge in [-0.15, -0.1) is 0 Å². The van der Waals surface area contributed by atoms with Crippen LogP contribution in [0.4, 0.5) is 0 Å². The van der Waals surface area contributed by atoms with Gasteiger partial charge in [0.25, 0.3) is 0 Å². The maximum Gasteiger partial charge on any atom is 0.243 e. The Hall–Kier alpha value is -3.49. The molecule has 3 aromatic carbocycles. The normalized spacial score (nSPS) is 16.5. The molecule has 4 rings (SSSR count). The Bertz CT molecular complexity index is 1340. The van der Waals surface area contributed by atoms with Gasteiger partial charge in [-0.05, 0) is 40.3 Å². The Labute approximate surface area is 219 Å². The van der Waals surface area contributed by atoms with E-state index in [0.717, 1.165) is 22.3 Å². The van der Waals surface area contributed by atoms with Crippen molar-refractivity contribution >= 4 is 21.8 Å². The molecule has 37 heavy (non-hydrogen) atoms. The molecule has 0 saturated carbocycles. The molecule has 0 bridgehead atoms. The first-order valence-corrected chi connectivity index (χ1v) is 13.9. The van der Waals surface area contributed by atoms with Crippen molar-refractivity contribution in [2.24, 2.45) is 0 Å². The first-order chi connectivity index (χ1) is 17.7. The molecule has 0 radical (unpaired) electrons. The molecule has 7 nitrogen and oxygen atoms in total. The molecule has 8 heteroatoms. The van der Waals surface area contributed by atoms with Crippen molar-refractivity contribution in [2.45, 2.75) is 44.2 Å². The van der Waals surface area contributed by atoms with Crippen LogP contribution in [0, 0.1) is 0 Å². The van der Waals surface area contributed by atoms with Gasteiger partial charge in [0.05, 0.1) is 4.90 Å². The maximum atomic E-state index is 13.5. The Morgan fingerprint density at radius 1 is 0.892 bits per heavy atom. The fraction of sp³-hybridized carbons (Fsp3) is 0.310. The molecule has 194 valence electrons. The predicted octanol–water partition coefficient (Wildman–Crippen LogP) is 4.01. The molecule has 0 spiro atoms. The number of benzene rings is 3. The summed E-state index contributed by atoms with van der Waals surface area (Å²) in [6, 6.07) is 23.6. The lowest BCUT2D eigenvalue weighted by Gasteiger charge is -2.39. The van der Waals surface area contributed by atoms with Crippen LogP contribution in [0.5, 0.6) is 0 Å². The van der Waals surface area contributed by atoms with Crippen LogP contribution >= 0.6 is 0 Å². The topological polar surface area (TPSA) is 86.8 Å². The zero-order valence-electron chi connectivity index (χ0n) is 21.4. The Morgan fingerprint density at radius 3 is 2.11 bits per heavy atom. The molecule has 1 unspecified atom stereocenters. The zero-order valence-corrected chi connectivity index (χ0v) is 22.2. The maximum absolute atomic E-state index is 13.5. The van der Waals surface area contributed by atoms with Gasteiger partial charge in [0.1, 0.15) is 6.04 Å². The summed E-state index contributed by atoms with van der Waals surface area (Å²) in [4.78, 5) is 27.0. The van der Waals surface area contributed by atoms with Gasteiger partial charge in [-0.25, -0.2) is 8.42 Å². The second-order valence-electron chi connectivity index (χ2n) is 9.60. The van der Waals surface area contributed by atoms with Crippen LogP contribution in [0.2, 0.25) is 0 Å². The number of carbonyl (C=O) groups is 2. The molecule has 1 saturated heterocycles. The number of rotatable bonds is 7. The molecular weight excluding hydrogens is 486 g/mol. The van der Waals surface area contributed by atoms with Crippen LogP contribution < -0.4 is 5.32 Å². The van der Waals surface area contributed by atoms with Crippen molar-refractivity contribution in [3.63, 3.8) is 0 Å². The number of nitrogens with zero attached hydrogens (tertiary/aromatic N) is 2. The van der Waals surface area contributed by atoms with Crippen LogP contribution in [0.25, 0.3) is 11.1 Å². The van der Waals surface area contributed by atoms with E-state index in [1.165, 1.54) is 16.1 Å². The number of nitrogens with one attached hydrogen (secondary N) is 1. The van der Waals surface area contributed by atoms with Crippen molar-refractivity contribution in [1.29, 1.82) is 0 Å². The minimum absolute atomic E-state index is 0.0113. The van der Waals surface area contributed by atoms with Gasteiger partial charge in [-0.3, -0.25) is 9.59 Å². The van der Waals surface area contributed by atoms with Crippen LogP contribution in [-0.2, 0) is 26.2 Å². The van der Waals surface area contributed by atoms with E-state index in [1.54, 1.807) is 24.3 Å². The third kappa shape index (κ3) is 6.09. The lowest BCUT2D eigenvalue weighted by Crippen LogP contribution is -2.61. The highest BCUT2D eigenvalue weighted by Gasteiger charge is 2.40. The summed E-state index contributed by atoms with van der Waals surface area (Å²) in [5.74, 6) is -0.343. The monoisotopic (exact) mass is 519 g/mol. The molecule has 1 aliphatic rings. The van der Waals surface area contributed by atoms with E-state index in [-0.39, 0.29) is 42.9 Å². The minimum Gasteiger partial charge on any atom is -0.351 e. The largest absolute Gasteiger partial charge is 0.351 e. The van der Waals surface area contributed by atoms with Gasteiger partial charge >= 0.3 is 0 Å². The highest BCUT2D eigenvalue weighted by molar-refractivity contribution is 7.89. The van der Waals surface area contributed by atoms with E-state index < -0.39 is 22.0 Å². The second-order valence-corrected chi connectivity index (χ2v) is 11.5. The van der Waals surface area contributed by atoms with Crippen LogP contribution in [0.3, 0.4) is 0 Å². The number of piperazine rings is 1. The smallest absolute Gasteiger partial charge is 0.243 e. The van der Waals surface area contributed by atoms with E-state index in [1.807, 2.05) is 68.4 Å². The molecule has 0 aromatic heterocycles. The molecule has 0 aliphatic carbocycles. The van der Waals surface area contributed by atoms with Crippen molar-refractivity contribution in [3.8, 4) is 11.1 Å². The SMILES string of the molecule is CC(=O)N1CCN(S(=O)(=O)c2ccc(C(C)C)cc2)C(C(=O)NCc2ccc(-c3ccccc3)cc2)C1. The Morgan fingerprint density at radius 2 is 1.51 bits per heavy atom. The fourth-order valence-electron chi connectivity index (χ4n) is 4.47.